The second-order valence-corrected chi connectivity index (χ2v) is 3.09. The number of rotatable bonds is 9. The van der Waals surface area contributed by atoms with Crippen molar-refractivity contribution in [1.82, 2.24) is 4.90 Å². The Kier molecular flexibility index (Phi) is 8.51. The van der Waals surface area contributed by atoms with Gasteiger partial charge in [-0.3, -0.25) is 9.69 Å². The zero-order chi connectivity index (χ0) is 10.8. The van der Waals surface area contributed by atoms with Crippen molar-refractivity contribution < 1.29 is 19.4 Å². The highest BCUT2D eigenvalue weighted by molar-refractivity contribution is 5.68. The molecule has 0 aromatic carbocycles. The first-order valence-electron chi connectivity index (χ1n) is 4.64. The van der Waals surface area contributed by atoms with Crippen LogP contribution in [-0.2, 0) is 14.3 Å². The lowest BCUT2D eigenvalue weighted by molar-refractivity contribution is -0.138. The summed E-state index contributed by atoms with van der Waals surface area (Å²) in [5.74, 6) is -0.798. The highest BCUT2D eigenvalue weighted by atomic mass is 16.5. The molecule has 5 nitrogen and oxygen atoms in total. The monoisotopic (exact) mass is 205 g/mol. The van der Waals surface area contributed by atoms with Crippen LogP contribution in [0.1, 0.15) is 6.42 Å². The molecule has 0 fully saturated rings. The highest BCUT2D eigenvalue weighted by Gasteiger charge is 2.02. The molecule has 0 bridgehead atoms. The third-order valence-electron chi connectivity index (χ3n) is 1.67. The smallest absolute Gasteiger partial charge is 0.317 e. The zero-order valence-electron chi connectivity index (χ0n) is 8.86. The second kappa shape index (κ2) is 8.93. The minimum absolute atomic E-state index is 0.0814. The molecule has 14 heavy (non-hydrogen) atoms. The standard InChI is InChI=1S/C9H19NO4/c1-10(8-9(11)12)4-3-5-14-7-6-13-2/h3-8H2,1-2H3,(H,11,12). The fourth-order valence-electron chi connectivity index (χ4n) is 0.991. The molecular formula is C9H19NO4. The Hall–Kier alpha value is -0.650. The third kappa shape index (κ3) is 9.44. The summed E-state index contributed by atoms with van der Waals surface area (Å²) in [4.78, 5) is 12.0. The predicted molar refractivity (Wildman–Crippen MR) is 52.4 cm³/mol. The molecular weight excluding hydrogens is 186 g/mol. The lowest BCUT2D eigenvalue weighted by atomic mass is 10.4. The average molecular weight is 205 g/mol. The summed E-state index contributed by atoms with van der Waals surface area (Å²) in [6.45, 7) is 2.66. The third-order valence-corrected chi connectivity index (χ3v) is 1.67. The van der Waals surface area contributed by atoms with Gasteiger partial charge in [-0.25, -0.2) is 0 Å². The van der Waals surface area contributed by atoms with Gasteiger partial charge in [0, 0.05) is 20.3 Å². The summed E-state index contributed by atoms with van der Waals surface area (Å²) >= 11 is 0. The van der Waals surface area contributed by atoms with E-state index in [2.05, 4.69) is 0 Å². The van der Waals surface area contributed by atoms with Gasteiger partial charge < -0.3 is 14.6 Å². The van der Waals surface area contributed by atoms with Crippen LogP contribution in [0.3, 0.4) is 0 Å². The molecule has 0 saturated carbocycles. The quantitative estimate of drug-likeness (QED) is 0.539. The number of hydrogen-bond donors (Lipinski definition) is 1. The van der Waals surface area contributed by atoms with Crippen LogP contribution in [0.25, 0.3) is 0 Å². The van der Waals surface area contributed by atoms with Crippen molar-refractivity contribution in [3.63, 3.8) is 0 Å². The maximum Gasteiger partial charge on any atom is 0.317 e. The Morgan fingerprint density at radius 2 is 2.07 bits per heavy atom. The molecule has 0 aliphatic rings. The van der Waals surface area contributed by atoms with Crippen molar-refractivity contribution in [2.24, 2.45) is 0 Å². The van der Waals surface area contributed by atoms with Crippen molar-refractivity contribution >= 4 is 5.97 Å². The summed E-state index contributed by atoms with van der Waals surface area (Å²) in [6.07, 6.45) is 0.841. The number of aliphatic carboxylic acids is 1. The maximum absolute atomic E-state index is 10.3. The number of methoxy groups -OCH3 is 1. The van der Waals surface area contributed by atoms with E-state index in [4.69, 9.17) is 14.6 Å². The topological polar surface area (TPSA) is 59.0 Å². The Labute approximate surface area is 84.6 Å². The van der Waals surface area contributed by atoms with E-state index in [1.807, 2.05) is 0 Å². The lowest BCUT2D eigenvalue weighted by Gasteiger charge is -2.13. The Morgan fingerprint density at radius 3 is 2.64 bits per heavy atom. The van der Waals surface area contributed by atoms with Gasteiger partial charge in [0.15, 0.2) is 0 Å². The minimum Gasteiger partial charge on any atom is -0.480 e. The summed E-state index contributed by atoms with van der Waals surface area (Å²) in [5, 5.41) is 8.47. The molecule has 84 valence electrons. The van der Waals surface area contributed by atoms with Gasteiger partial charge in [0.05, 0.1) is 19.8 Å². The number of hydrogen-bond acceptors (Lipinski definition) is 4. The molecule has 0 saturated heterocycles. The van der Waals surface area contributed by atoms with Crippen LogP contribution in [0.5, 0.6) is 0 Å². The maximum atomic E-state index is 10.3. The van der Waals surface area contributed by atoms with Crippen molar-refractivity contribution in [2.75, 3.05) is 47.1 Å². The largest absolute Gasteiger partial charge is 0.480 e. The van der Waals surface area contributed by atoms with Gasteiger partial charge >= 0.3 is 5.97 Å². The van der Waals surface area contributed by atoms with E-state index >= 15 is 0 Å². The fraction of sp³-hybridized carbons (Fsp3) is 0.889. The number of likely N-dealkylation sites (N-methyl/N-ethyl adjacent to an activating group) is 1. The van der Waals surface area contributed by atoms with E-state index in [0.29, 0.717) is 19.8 Å². The minimum atomic E-state index is -0.798. The Balaban J connectivity index is 3.14. The van der Waals surface area contributed by atoms with Gasteiger partial charge in [0.2, 0.25) is 0 Å². The van der Waals surface area contributed by atoms with E-state index < -0.39 is 5.97 Å². The molecule has 0 aliphatic carbocycles. The molecule has 0 aromatic heterocycles. The second-order valence-electron chi connectivity index (χ2n) is 3.09. The molecule has 0 radical (unpaired) electrons. The number of carbonyl (C=O) groups is 1. The van der Waals surface area contributed by atoms with Crippen LogP contribution in [0.15, 0.2) is 0 Å². The summed E-state index contributed by atoms with van der Waals surface area (Å²) in [6, 6.07) is 0. The van der Waals surface area contributed by atoms with Crippen molar-refractivity contribution in [1.29, 1.82) is 0 Å². The van der Waals surface area contributed by atoms with E-state index in [0.717, 1.165) is 13.0 Å². The van der Waals surface area contributed by atoms with Crippen LogP contribution in [0, 0.1) is 0 Å². The molecule has 0 aromatic rings. The molecule has 0 unspecified atom stereocenters. The molecule has 5 heteroatoms. The summed E-state index contributed by atoms with van der Waals surface area (Å²) in [5.41, 5.74) is 0. The SMILES string of the molecule is COCCOCCCN(C)CC(=O)O. The van der Waals surface area contributed by atoms with Crippen LogP contribution in [0.2, 0.25) is 0 Å². The molecule has 0 aliphatic heterocycles. The van der Waals surface area contributed by atoms with E-state index in [1.54, 1.807) is 19.1 Å². The molecule has 0 spiro atoms. The molecule has 1 N–H and O–H groups in total. The van der Waals surface area contributed by atoms with Gasteiger partial charge in [0.25, 0.3) is 0 Å². The highest BCUT2D eigenvalue weighted by Crippen LogP contribution is 1.88. The normalized spacial score (nSPS) is 10.8. The van der Waals surface area contributed by atoms with Gasteiger partial charge in [-0.1, -0.05) is 0 Å². The number of carboxylic acid groups (broad SMARTS) is 1. The van der Waals surface area contributed by atoms with Crippen molar-refractivity contribution in [2.45, 2.75) is 6.42 Å². The van der Waals surface area contributed by atoms with Gasteiger partial charge in [-0.2, -0.15) is 0 Å². The number of ether oxygens (including phenoxy) is 2. The van der Waals surface area contributed by atoms with Crippen molar-refractivity contribution in [3.05, 3.63) is 0 Å². The lowest BCUT2D eigenvalue weighted by Crippen LogP contribution is -2.27. The molecule has 0 heterocycles. The molecule has 0 atom stereocenters. The Morgan fingerprint density at radius 1 is 1.36 bits per heavy atom. The number of carboxylic acids is 1. The van der Waals surface area contributed by atoms with Crippen LogP contribution in [0.4, 0.5) is 0 Å². The average Bonchev–Trinajstić information content (AvgIpc) is 2.10. The summed E-state index contributed by atoms with van der Waals surface area (Å²) < 4.78 is 10.0. The van der Waals surface area contributed by atoms with E-state index in [-0.39, 0.29) is 6.54 Å². The van der Waals surface area contributed by atoms with E-state index in [9.17, 15) is 4.79 Å². The predicted octanol–water partition coefficient (Wildman–Crippen LogP) is 0.0559. The van der Waals surface area contributed by atoms with Crippen LogP contribution < -0.4 is 0 Å². The Bertz CT molecular complexity index is 152. The first kappa shape index (κ1) is 13.4. The van der Waals surface area contributed by atoms with Crippen molar-refractivity contribution in [3.8, 4) is 0 Å². The first-order chi connectivity index (χ1) is 6.66. The fourth-order valence-corrected chi connectivity index (χ4v) is 0.991. The zero-order valence-corrected chi connectivity index (χ0v) is 8.86. The number of nitrogens with zero attached hydrogens (tertiary/aromatic N) is 1. The summed E-state index contributed by atoms with van der Waals surface area (Å²) in [7, 11) is 3.41. The molecule has 0 rings (SSSR count). The van der Waals surface area contributed by atoms with Gasteiger partial charge in [-0.15, -0.1) is 0 Å². The van der Waals surface area contributed by atoms with Crippen LogP contribution in [-0.4, -0.2) is 63.0 Å². The van der Waals surface area contributed by atoms with E-state index in [1.165, 1.54) is 0 Å². The van der Waals surface area contributed by atoms with Gasteiger partial charge in [0.1, 0.15) is 0 Å². The first-order valence-corrected chi connectivity index (χ1v) is 4.64. The van der Waals surface area contributed by atoms with Crippen LogP contribution >= 0.6 is 0 Å². The molecule has 0 amide bonds. The van der Waals surface area contributed by atoms with Gasteiger partial charge in [-0.05, 0) is 13.5 Å².